The third kappa shape index (κ3) is 1.91. The molecule has 0 aromatic carbocycles. The average molecular weight is 197 g/mol. The van der Waals surface area contributed by atoms with Gasteiger partial charge in [-0.3, -0.25) is 4.79 Å². The second-order valence-corrected chi connectivity index (χ2v) is 4.24. The van der Waals surface area contributed by atoms with Crippen LogP contribution in [-0.4, -0.2) is 41.6 Å². The van der Waals surface area contributed by atoms with Crippen LogP contribution in [0.4, 0.5) is 0 Å². The number of rotatable bonds is 2. The molecule has 4 nitrogen and oxygen atoms in total. The Labute approximate surface area is 85.0 Å². The highest BCUT2D eigenvalue weighted by Crippen LogP contribution is 2.22. The Kier molecular flexibility index (Phi) is 3.03. The Balaban J connectivity index is 1.97. The summed E-state index contributed by atoms with van der Waals surface area (Å²) in [5.41, 5.74) is 5.39. The topological polar surface area (TPSA) is 49.6 Å². The van der Waals surface area contributed by atoms with Crippen molar-refractivity contribution in [1.29, 1.82) is 0 Å². The summed E-state index contributed by atoms with van der Waals surface area (Å²) in [6.07, 6.45) is 5.87. The molecule has 14 heavy (non-hydrogen) atoms. The highest BCUT2D eigenvalue weighted by atomic mass is 16.1. The Morgan fingerprint density at radius 3 is 2.43 bits per heavy atom. The third-order valence-electron chi connectivity index (χ3n) is 3.25. The first kappa shape index (κ1) is 9.93. The highest BCUT2D eigenvalue weighted by Gasteiger charge is 2.33. The lowest BCUT2D eigenvalue weighted by Gasteiger charge is -2.37. The van der Waals surface area contributed by atoms with Crippen LogP contribution in [0.1, 0.15) is 32.1 Å². The Bertz CT molecular complexity index is 213. The second kappa shape index (κ2) is 4.28. The predicted molar refractivity (Wildman–Crippen MR) is 54.3 cm³/mol. The number of piperidine rings is 1. The van der Waals surface area contributed by atoms with E-state index >= 15 is 0 Å². The van der Waals surface area contributed by atoms with Crippen molar-refractivity contribution >= 4 is 5.91 Å². The van der Waals surface area contributed by atoms with Crippen molar-refractivity contribution < 1.29 is 4.79 Å². The van der Waals surface area contributed by atoms with Gasteiger partial charge in [-0.05, 0) is 25.7 Å². The minimum Gasteiger partial charge on any atom is -0.368 e. The molecule has 0 aromatic rings. The molecule has 2 saturated heterocycles. The number of amides is 1. The van der Waals surface area contributed by atoms with E-state index in [-0.39, 0.29) is 11.9 Å². The quantitative estimate of drug-likeness (QED) is 0.694. The molecule has 0 aromatic heterocycles. The van der Waals surface area contributed by atoms with Gasteiger partial charge in [0.1, 0.15) is 6.04 Å². The average Bonchev–Trinajstić information content (AvgIpc) is 2.67. The second-order valence-electron chi connectivity index (χ2n) is 4.24. The first-order chi connectivity index (χ1) is 6.79. The molecule has 2 heterocycles. The van der Waals surface area contributed by atoms with Crippen LogP contribution in [0.5, 0.6) is 0 Å². The Hall–Kier alpha value is -0.610. The molecule has 0 saturated carbocycles. The molecule has 2 rings (SSSR count). The highest BCUT2D eigenvalue weighted by molar-refractivity contribution is 5.80. The smallest absolute Gasteiger partial charge is 0.236 e. The molecule has 0 radical (unpaired) electrons. The van der Waals surface area contributed by atoms with Gasteiger partial charge in [-0.25, -0.2) is 10.0 Å². The van der Waals surface area contributed by atoms with Crippen LogP contribution < -0.4 is 5.73 Å². The van der Waals surface area contributed by atoms with Gasteiger partial charge in [0.05, 0.1) is 0 Å². The zero-order valence-corrected chi connectivity index (χ0v) is 8.61. The number of primary amides is 1. The zero-order valence-electron chi connectivity index (χ0n) is 8.61. The minimum absolute atomic E-state index is 0.0342. The molecule has 2 fully saturated rings. The van der Waals surface area contributed by atoms with E-state index in [1.807, 2.05) is 0 Å². The number of hydrazine groups is 1. The van der Waals surface area contributed by atoms with Gasteiger partial charge >= 0.3 is 0 Å². The first-order valence-corrected chi connectivity index (χ1v) is 5.60. The van der Waals surface area contributed by atoms with Gasteiger partial charge in [-0.1, -0.05) is 6.42 Å². The van der Waals surface area contributed by atoms with Gasteiger partial charge in [0.2, 0.25) is 5.91 Å². The van der Waals surface area contributed by atoms with Gasteiger partial charge in [0.15, 0.2) is 0 Å². The van der Waals surface area contributed by atoms with Gasteiger partial charge < -0.3 is 5.73 Å². The van der Waals surface area contributed by atoms with Crippen molar-refractivity contribution in [3.8, 4) is 0 Å². The monoisotopic (exact) mass is 197 g/mol. The molecule has 1 unspecified atom stereocenters. The third-order valence-corrected chi connectivity index (χ3v) is 3.25. The summed E-state index contributed by atoms with van der Waals surface area (Å²) in [6.45, 7) is 3.21. The van der Waals surface area contributed by atoms with Crippen LogP contribution in [-0.2, 0) is 4.79 Å². The minimum atomic E-state index is -0.159. The van der Waals surface area contributed by atoms with E-state index in [1.165, 1.54) is 19.3 Å². The first-order valence-electron chi connectivity index (χ1n) is 5.60. The van der Waals surface area contributed by atoms with E-state index in [9.17, 15) is 4.79 Å². The summed E-state index contributed by atoms with van der Waals surface area (Å²) in [6, 6.07) is -0.0342. The van der Waals surface area contributed by atoms with Crippen molar-refractivity contribution in [3.05, 3.63) is 0 Å². The molecule has 80 valence electrons. The van der Waals surface area contributed by atoms with Crippen LogP contribution in [0.25, 0.3) is 0 Å². The maximum Gasteiger partial charge on any atom is 0.236 e. The van der Waals surface area contributed by atoms with Crippen LogP contribution in [0.3, 0.4) is 0 Å². The molecule has 0 spiro atoms. The zero-order chi connectivity index (χ0) is 9.97. The molecule has 2 aliphatic heterocycles. The number of carbonyl (C=O) groups is 1. The lowest BCUT2D eigenvalue weighted by atomic mass is 10.1. The lowest BCUT2D eigenvalue weighted by molar-refractivity contribution is -0.131. The van der Waals surface area contributed by atoms with Gasteiger partial charge in [-0.2, -0.15) is 0 Å². The Morgan fingerprint density at radius 2 is 1.79 bits per heavy atom. The summed E-state index contributed by atoms with van der Waals surface area (Å²) in [5, 5.41) is 4.52. The molecule has 0 aliphatic carbocycles. The molecular weight excluding hydrogens is 178 g/mol. The lowest BCUT2D eigenvalue weighted by Crippen LogP contribution is -2.52. The fourth-order valence-corrected chi connectivity index (χ4v) is 2.51. The van der Waals surface area contributed by atoms with Crippen molar-refractivity contribution in [2.45, 2.75) is 38.1 Å². The fourth-order valence-electron chi connectivity index (χ4n) is 2.51. The fraction of sp³-hybridized carbons (Fsp3) is 0.900. The van der Waals surface area contributed by atoms with E-state index in [0.29, 0.717) is 0 Å². The molecule has 1 amide bonds. The summed E-state index contributed by atoms with van der Waals surface area (Å²) in [7, 11) is 0. The summed E-state index contributed by atoms with van der Waals surface area (Å²) < 4.78 is 0. The maximum absolute atomic E-state index is 11.2. The SMILES string of the molecule is NC(=O)C1CCCN1N1CCCCC1. The number of nitrogens with zero attached hydrogens (tertiary/aromatic N) is 2. The molecule has 0 bridgehead atoms. The van der Waals surface area contributed by atoms with E-state index in [2.05, 4.69) is 10.0 Å². The summed E-state index contributed by atoms with van der Waals surface area (Å²) >= 11 is 0. The molecule has 4 heteroatoms. The standard InChI is InChI=1S/C10H19N3O/c11-10(14)9-5-4-8-13(9)12-6-2-1-3-7-12/h9H,1-8H2,(H2,11,14). The molecule has 2 N–H and O–H groups in total. The van der Waals surface area contributed by atoms with E-state index in [1.54, 1.807) is 0 Å². The van der Waals surface area contributed by atoms with E-state index in [0.717, 1.165) is 32.5 Å². The number of hydrogen-bond acceptors (Lipinski definition) is 3. The van der Waals surface area contributed by atoms with Crippen molar-refractivity contribution in [1.82, 2.24) is 10.0 Å². The van der Waals surface area contributed by atoms with Gasteiger partial charge in [0, 0.05) is 19.6 Å². The van der Waals surface area contributed by atoms with Gasteiger partial charge in [0.25, 0.3) is 0 Å². The summed E-state index contributed by atoms with van der Waals surface area (Å²) in [5.74, 6) is -0.159. The number of nitrogens with two attached hydrogens (primary N) is 1. The van der Waals surface area contributed by atoms with Crippen LogP contribution in [0.2, 0.25) is 0 Å². The normalized spacial score (nSPS) is 30.7. The van der Waals surface area contributed by atoms with Crippen LogP contribution >= 0.6 is 0 Å². The van der Waals surface area contributed by atoms with Gasteiger partial charge in [-0.15, -0.1) is 0 Å². The van der Waals surface area contributed by atoms with Crippen molar-refractivity contribution in [3.63, 3.8) is 0 Å². The largest absolute Gasteiger partial charge is 0.368 e. The molecule has 2 aliphatic rings. The van der Waals surface area contributed by atoms with E-state index in [4.69, 9.17) is 5.73 Å². The van der Waals surface area contributed by atoms with Crippen molar-refractivity contribution in [2.75, 3.05) is 19.6 Å². The molecular formula is C10H19N3O. The Morgan fingerprint density at radius 1 is 1.07 bits per heavy atom. The van der Waals surface area contributed by atoms with Crippen LogP contribution in [0.15, 0.2) is 0 Å². The number of carbonyl (C=O) groups excluding carboxylic acids is 1. The van der Waals surface area contributed by atoms with Crippen LogP contribution in [0, 0.1) is 0 Å². The van der Waals surface area contributed by atoms with Crippen molar-refractivity contribution in [2.24, 2.45) is 5.73 Å². The predicted octanol–water partition coefficient (Wildman–Crippen LogP) is 0.337. The number of hydrogen-bond donors (Lipinski definition) is 1. The molecule has 1 atom stereocenters. The summed E-state index contributed by atoms with van der Waals surface area (Å²) in [4.78, 5) is 11.2. The maximum atomic E-state index is 11.2. The van der Waals surface area contributed by atoms with E-state index < -0.39 is 0 Å².